The molecule has 1 aromatic heterocycles. The molecule has 0 aliphatic carbocycles. The predicted molar refractivity (Wildman–Crippen MR) is 129 cm³/mol. The number of hydrogen-bond acceptors (Lipinski definition) is 2. The smallest absolute Gasteiger partial charge is 0.160 e. The van der Waals surface area contributed by atoms with Gasteiger partial charge in [-0.25, -0.2) is 9.97 Å². The summed E-state index contributed by atoms with van der Waals surface area (Å²) in [5, 5.41) is 0. The van der Waals surface area contributed by atoms with Gasteiger partial charge in [-0.15, -0.1) is 0 Å². The molecule has 0 saturated heterocycles. The molecule has 2 heteroatoms. The summed E-state index contributed by atoms with van der Waals surface area (Å²) in [5.41, 5.74) is 8.67. The quantitative estimate of drug-likeness (QED) is 0.314. The summed E-state index contributed by atoms with van der Waals surface area (Å²) < 4.78 is 0. The Morgan fingerprint density at radius 3 is 1.65 bits per heavy atom. The van der Waals surface area contributed by atoms with E-state index >= 15 is 0 Å². The molecule has 0 amide bonds. The Balaban J connectivity index is 1.63. The molecule has 0 fully saturated rings. The van der Waals surface area contributed by atoms with Crippen LogP contribution in [0.25, 0.3) is 45.0 Å². The molecular formula is C29H22N2. The largest absolute Gasteiger partial charge is 0.228 e. The fraction of sp³-hybridized carbons (Fsp3) is 0.0345. The molecule has 1 heterocycles. The lowest BCUT2D eigenvalue weighted by Gasteiger charge is -2.11. The van der Waals surface area contributed by atoms with E-state index in [1.807, 2.05) is 24.3 Å². The van der Waals surface area contributed by atoms with Crippen LogP contribution in [0, 0.1) is 6.92 Å². The maximum absolute atomic E-state index is 4.95. The normalized spacial score (nSPS) is 10.7. The van der Waals surface area contributed by atoms with Crippen LogP contribution in [0.4, 0.5) is 0 Å². The Morgan fingerprint density at radius 2 is 0.968 bits per heavy atom. The van der Waals surface area contributed by atoms with Crippen molar-refractivity contribution in [2.45, 2.75) is 6.92 Å². The summed E-state index contributed by atoms with van der Waals surface area (Å²) in [6.45, 7) is 2.12. The second-order valence-corrected chi connectivity index (χ2v) is 7.59. The summed E-state index contributed by atoms with van der Waals surface area (Å²) in [4.78, 5) is 9.87. The Kier molecular flexibility index (Phi) is 5.12. The Labute approximate surface area is 182 Å². The molecule has 0 aliphatic rings. The molecule has 0 bridgehead atoms. The van der Waals surface area contributed by atoms with Gasteiger partial charge in [0.25, 0.3) is 0 Å². The average molecular weight is 399 g/mol. The lowest BCUT2D eigenvalue weighted by molar-refractivity contribution is 1.18. The van der Waals surface area contributed by atoms with Crippen LogP contribution in [-0.4, -0.2) is 9.97 Å². The van der Waals surface area contributed by atoms with Crippen LogP contribution >= 0.6 is 0 Å². The van der Waals surface area contributed by atoms with Crippen LogP contribution in [0.2, 0.25) is 0 Å². The third kappa shape index (κ3) is 4.01. The van der Waals surface area contributed by atoms with Crippen molar-refractivity contribution in [3.8, 4) is 45.0 Å². The summed E-state index contributed by atoms with van der Waals surface area (Å²) in [5.74, 6) is 0.735. The second kappa shape index (κ2) is 8.37. The molecule has 0 saturated carbocycles. The summed E-state index contributed by atoms with van der Waals surface area (Å²) in [7, 11) is 0. The maximum Gasteiger partial charge on any atom is 0.160 e. The molecule has 0 spiro atoms. The van der Waals surface area contributed by atoms with E-state index in [4.69, 9.17) is 9.97 Å². The summed E-state index contributed by atoms with van der Waals surface area (Å²) in [6, 6.07) is 39.6. The first-order valence-corrected chi connectivity index (χ1v) is 10.4. The fourth-order valence-corrected chi connectivity index (χ4v) is 3.77. The first-order chi connectivity index (χ1) is 15.3. The Bertz CT molecular complexity index is 1310. The highest BCUT2D eigenvalue weighted by Gasteiger charge is 2.12. The highest BCUT2D eigenvalue weighted by molar-refractivity contribution is 5.74. The van der Waals surface area contributed by atoms with E-state index in [1.165, 1.54) is 16.7 Å². The topological polar surface area (TPSA) is 25.8 Å². The van der Waals surface area contributed by atoms with Crippen molar-refractivity contribution < 1.29 is 0 Å². The molecule has 2 nitrogen and oxygen atoms in total. The van der Waals surface area contributed by atoms with Gasteiger partial charge in [0.1, 0.15) is 0 Å². The van der Waals surface area contributed by atoms with E-state index in [-0.39, 0.29) is 0 Å². The molecule has 31 heavy (non-hydrogen) atoms. The molecule has 0 unspecified atom stereocenters. The van der Waals surface area contributed by atoms with Crippen LogP contribution in [0.1, 0.15) is 5.56 Å². The van der Waals surface area contributed by atoms with Crippen molar-refractivity contribution in [3.63, 3.8) is 0 Å². The highest BCUT2D eigenvalue weighted by Crippen LogP contribution is 2.30. The molecule has 0 atom stereocenters. The van der Waals surface area contributed by atoms with Crippen LogP contribution in [0.15, 0.2) is 115 Å². The molecule has 0 aliphatic heterocycles. The van der Waals surface area contributed by atoms with E-state index in [1.54, 1.807) is 0 Å². The van der Waals surface area contributed by atoms with Gasteiger partial charge >= 0.3 is 0 Å². The van der Waals surface area contributed by atoms with Gasteiger partial charge in [-0.05, 0) is 29.7 Å². The molecule has 0 N–H and O–H groups in total. The highest BCUT2D eigenvalue weighted by atomic mass is 14.9. The molecular weight excluding hydrogens is 376 g/mol. The number of aromatic nitrogens is 2. The first kappa shape index (κ1) is 19.0. The lowest BCUT2D eigenvalue weighted by atomic mass is 10.0. The van der Waals surface area contributed by atoms with Crippen molar-refractivity contribution in [1.29, 1.82) is 0 Å². The van der Waals surface area contributed by atoms with Crippen molar-refractivity contribution in [3.05, 3.63) is 121 Å². The van der Waals surface area contributed by atoms with E-state index in [0.717, 1.165) is 33.9 Å². The number of aryl methyl sites for hydroxylation is 1. The van der Waals surface area contributed by atoms with Gasteiger partial charge in [-0.3, -0.25) is 0 Å². The van der Waals surface area contributed by atoms with Crippen LogP contribution < -0.4 is 0 Å². The summed E-state index contributed by atoms with van der Waals surface area (Å²) in [6.07, 6.45) is 0. The molecule has 4 aromatic carbocycles. The van der Waals surface area contributed by atoms with Crippen molar-refractivity contribution in [1.82, 2.24) is 9.97 Å². The average Bonchev–Trinajstić information content (AvgIpc) is 2.85. The van der Waals surface area contributed by atoms with Crippen LogP contribution in [0.3, 0.4) is 0 Å². The van der Waals surface area contributed by atoms with Crippen LogP contribution in [-0.2, 0) is 0 Å². The van der Waals surface area contributed by atoms with Gasteiger partial charge in [0.05, 0.1) is 11.4 Å². The van der Waals surface area contributed by atoms with Gasteiger partial charge in [-0.1, -0.05) is 109 Å². The first-order valence-electron chi connectivity index (χ1n) is 10.4. The second-order valence-electron chi connectivity index (χ2n) is 7.59. The minimum atomic E-state index is 0.735. The number of rotatable bonds is 4. The lowest BCUT2D eigenvalue weighted by Crippen LogP contribution is -1.96. The monoisotopic (exact) mass is 398 g/mol. The van der Waals surface area contributed by atoms with E-state index in [2.05, 4.69) is 97.9 Å². The number of nitrogens with zero attached hydrogens (tertiary/aromatic N) is 2. The molecule has 0 radical (unpaired) electrons. The SMILES string of the molecule is Cc1ccccc1-c1cc(-c2ccccc2)nc(-c2ccc(-c3ccccc3)cc2)n1. The molecule has 5 rings (SSSR count). The molecule has 148 valence electrons. The van der Waals surface area contributed by atoms with Gasteiger partial charge < -0.3 is 0 Å². The third-order valence-electron chi connectivity index (χ3n) is 5.47. The Hall–Kier alpha value is -4.04. The number of benzene rings is 4. The van der Waals surface area contributed by atoms with Crippen molar-refractivity contribution >= 4 is 0 Å². The summed E-state index contributed by atoms with van der Waals surface area (Å²) >= 11 is 0. The van der Waals surface area contributed by atoms with E-state index in [0.29, 0.717) is 0 Å². The predicted octanol–water partition coefficient (Wildman–Crippen LogP) is 7.45. The van der Waals surface area contributed by atoms with Crippen molar-refractivity contribution in [2.24, 2.45) is 0 Å². The number of hydrogen-bond donors (Lipinski definition) is 0. The van der Waals surface area contributed by atoms with E-state index < -0.39 is 0 Å². The Morgan fingerprint density at radius 1 is 0.452 bits per heavy atom. The minimum absolute atomic E-state index is 0.735. The standard InChI is InChI=1S/C29H22N2/c1-21-10-8-9-15-26(21)28-20-27(24-13-6-3-7-14-24)30-29(31-28)25-18-16-23(17-19-25)22-11-4-2-5-12-22/h2-20H,1H3. The third-order valence-corrected chi connectivity index (χ3v) is 5.47. The van der Waals surface area contributed by atoms with Gasteiger partial charge in [0.2, 0.25) is 0 Å². The minimum Gasteiger partial charge on any atom is -0.228 e. The van der Waals surface area contributed by atoms with Crippen LogP contribution in [0.5, 0.6) is 0 Å². The maximum atomic E-state index is 4.95. The zero-order chi connectivity index (χ0) is 21.0. The van der Waals surface area contributed by atoms with Gasteiger partial charge in [-0.2, -0.15) is 0 Å². The van der Waals surface area contributed by atoms with Crippen molar-refractivity contribution in [2.75, 3.05) is 0 Å². The fourth-order valence-electron chi connectivity index (χ4n) is 3.77. The molecule has 5 aromatic rings. The van der Waals surface area contributed by atoms with Gasteiger partial charge in [0.15, 0.2) is 5.82 Å². The zero-order valence-corrected chi connectivity index (χ0v) is 17.4. The zero-order valence-electron chi connectivity index (χ0n) is 17.4. The van der Waals surface area contributed by atoms with E-state index in [9.17, 15) is 0 Å². The van der Waals surface area contributed by atoms with Gasteiger partial charge in [0, 0.05) is 16.7 Å².